The Kier molecular flexibility index (Phi) is 5.55. The average molecular weight is 495 g/mol. The minimum atomic E-state index is -4.91. The summed E-state index contributed by atoms with van der Waals surface area (Å²) in [5.74, 6) is -0.435. The van der Waals surface area contributed by atoms with Crippen LogP contribution in [0.2, 0.25) is 0 Å². The SMILES string of the molecule is O=C(O)Nc1nc2cc(-c3cc(Cc4n[nH]c(=O)c5ccccc45)ccc3OC(F)(F)F)ccc2[nH]1. The minimum absolute atomic E-state index is 0.0220. The Hall–Kier alpha value is -4.87. The van der Waals surface area contributed by atoms with Gasteiger partial charge in [0.05, 0.1) is 22.1 Å². The van der Waals surface area contributed by atoms with E-state index >= 15 is 0 Å². The molecule has 0 spiro atoms. The van der Waals surface area contributed by atoms with Crippen LogP contribution in [0.1, 0.15) is 11.3 Å². The number of alkyl halides is 3. The molecule has 0 unspecified atom stereocenters. The van der Waals surface area contributed by atoms with Gasteiger partial charge in [-0.15, -0.1) is 13.2 Å². The van der Waals surface area contributed by atoms with Crippen molar-refractivity contribution in [2.45, 2.75) is 12.8 Å². The van der Waals surface area contributed by atoms with Crippen LogP contribution in [-0.4, -0.2) is 37.7 Å². The van der Waals surface area contributed by atoms with Gasteiger partial charge >= 0.3 is 12.5 Å². The molecule has 2 aromatic heterocycles. The highest BCUT2D eigenvalue weighted by molar-refractivity contribution is 5.88. The molecule has 0 saturated carbocycles. The van der Waals surface area contributed by atoms with Gasteiger partial charge in [0.1, 0.15) is 5.75 Å². The largest absolute Gasteiger partial charge is 0.573 e. The van der Waals surface area contributed by atoms with Crippen LogP contribution >= 0.6 is 0 Å². The molecule has 5 aromatic rings. The van der Waals surface area contributed by atoms with Crippen molar-refractivity contribution in [2.75, 3.05) is 5.32 Å². The van der Waals surface area contributed by atoms with Crippen LogP contribution in [0.4, 0.5) is 23.9 Å². The van der Waals surface area contributed by atoms with Crippen molar-refractivity contribution in [3.8, 4) is 16.9 Å². The Labute approximate surface area is 199 Å². The highest BCUT2D eigenvalue weighted by Gasteiger charge is 2.32. The van der Waals surface area contributed by atoms with E-state index in [0.29, 0.717) is 38.6 Å². The summed E-state index contributed by atoms with van der Waals surface area (Å²) in [5, 5.41) is 18.7. The second kappa shape index (κ2) is 8.73. The molecule has 3 aromatic carbocycles. The zero-order chi connectivity index (χ0) is 25.4. The predicted molar refractivity (Wildman–Crippen MR) is 125 cm³/mol. The van der Waals surface area contributed by atoms with E-state index in [0.717, 1.165) is 0 Å². The number of anilines is 1. The number of nitrogens with one attached hydrogen (secondary N) is 3. The van der Waals surface area contributed by atoms with E-state index in [2.05, 4.69) is 30.2 Å². The first-order chi connectivity index (χ1) is 17.2. The minimum Gasteiger partial charge on any atom is -0.465 e. The van der Waals surface area contributed by atoms with Crippen molar-refractivity contribution >= 4 is 33.8 Å². The molecule has 1 amide bonds. The molecule has 0 aliphatic heterocycles. The summed E-state index contributed by atoms with van der Waals surface area (Å²) < 4.78 is 43.6. The number of nitrogens with zero attached hydrogens (tertiary/aromatic N) is 2. The van der Waals surface area contributed by atoms with Gasteiger partial charge in [-0.2, -0.15) is 5.10 Å². The number of imidazole rings is 1. The lowest BCUT2D eigenvalue weighted by Gasteiger charge is -2.15. The molecule has 0 aliphatic carbocycles. The van der Waals surface area contributed by atoms with E-state index in [-0.39, 0.29) is 23.5 Å². The fraction of sp³-hybridized carbons (Fsp3) is 0.0833. The number of aromatic amines is 2. The maximum Gasteiger partial charge on any atom is 0.573 e. The summed E-state index contributed by atoms with van der Waals surface area (Å²) in [6.45, 7) is 0. The number of ether oxygens (including phenoxy) is 1. The Balaban J connectivity index is 1.58. The van der Waals surface area contributed by atoms with Gasteiger partial charge in [-0.1, -0.05) is 30.3 Å². The molecule has 36 heavy (non-hydrogen) atoms. The van der Waals surface area contributed by atoms with E-state index in [4.69, 9.17) is 5.11 Å². The molecule has 5 rings (SSSR count). The number of carbonyl (C=O) groups is 1. The molecule has 0 saturated heterocycles. The number of H-pyrrole nitrogens is 2. The monoisotopic (exact) mass is 495 g/mol. The molecule has 0 aliphatic rings. The van der Waals surface area contributed by atoms with Crippen molar-refractivity contribution in [3.63, 3.8) is 0 Å². The lowest BCUT2D eigenvalue weighted by atomic mass is 9.98. The third kappa shape index (κ3) is 4.69. The Bertz CT molecular complexity index is 1680. The number of carboxylic acid groups (broad SMARTS) is 1. The van der Waals surface area contributed by atoms with Gasteiger partial charge in [-0.25, -0.2) is 14.9 Å². The van der Waals surface area contributed by atoms with Gasteiger partial charge in [0.15, 0.2) is 0 Å². The van der Waals surface area contributed by atoms with E-state index in [1.54, 1.807) is 42.5 Å². The van der Waals surface area contributed by atoms with Crippen LogP contribution in [0.15, 0.2) is 65.5 Å². The normalized spacial score (nSPS) is 11.6. The molecule has 4 N–H and O–H groups in total. The molecule has 12 heteroatoms. The number of hydrogen-bond donors (Lipinski definition) is 4. The van der Waals surface area contributed by atoms with Crippen LogP contribution in [0.5, 0.6) is 5.75 Å². The maximum atomic E-state index is 13.1. The highest BCUT2D eigenvalue weighted by atomic mass is 19.4. The average Bonchev–Trinajstić information content (AvgIpc) is 3.22. The van der Waals surface area contributed by atoms with E-state index in [1.165, 1.54) is 18.2 Å². The lowest BCUT2D eigenvalue weighted by molar-refractivity contribution is -0.274. The third-order valence-electron chi connectivity index (χ3n) is 5.44. The standard InChI is InChI=1S/C24H16F3N5O4/c25-24(26,27)36-20-8-5-12(10-18-14-3-1-2-4-15(14)21(33)32-31-18)9-16(20)13-6-7-17-19(11-13)29-22(28-17)30-23(34)35/h1-9,11H,10H2,(H,32,33)(H,34,35)(H2,28,29,30). The van der Waals surface area contributed by atoms with Gasteiger partial charge in [0.2, 0.25) is 5.95 Å². The van der Waals surface area contributed by atoms with Crippen molar-refractivity contribution in [2.24, 2.45) is 0 Å². The number of aromatic nitrogens is 4. The topological polar surface area (TPSA) is 133 Å². The Morgan fingerprint density at radius 3 is 2.58 bits per heavy atom. The van der Waals surface area contributed by atoms with E-state index in [9.17, 15) is 22.8 Å². The predicted octanol–water partition coefficient (Wildman–Crippen LogP) is 5.05. The quantitative estimate of drug-likeness (QED) is 0.270. The molecule has 9 nitrogen and oxygen atoms in total. The first-order valence-electron chi connectivity index (χ1n) is 10.5. The Morgan fingerprint density at radius 2 is 1.83 bits per heavy atom. The third-order valence-corrected chi connectivity index (χ3v) is 5.44. The molecule has 0 fully saturated rings. The molecular weight excluding hydrogens is 479 g/mol. The second-order valence-electron chi connectivity index (χ2n) is 7.85. The summed E-state index contributed by atoms with van der Waals surface area (Å²) in [4.78, 5) is 29.9. The number of benzene rings is 3. The summed E-state index contributed by atoms with van der Waals surface area (Å²) in [6, 6.07) is 15.8. The number of rotatable bonds is 5. The number of fused-ring (bicyclic) bond motifs is 2. The van der Waals surface area contributed by atoms with Gasteiger partial charge in [-0.3, -0.25) is 10.1 Å². The maximum absolute atomic E-state index is 13.1. The summed E-state index contributed by atoms with van der Waals surface area (Å²) in [5.41, 5.74) is 2.18. The fourth-order valence-electron chi connectivity index (χ4n) is 3.96. The van der Waals surface area contributed by atoms with E-state index in [1.807, 2.05) is 0 Å². The summed E-state index contributed by atoms with van der Waals surface area (Å²) in [6.07, 6.45) is -6.00. The number of amides is 1. The molecule has 0 bridgehead atoms. The van der Waals surface area contributed by atoms with Crippen molar-refractivity contribution in [1.82, 2.24) is 20.2 Å². The van der Waals surface area contributed by atoms with Gasteiger partial charge in [-0.05, 0) is 41.5 Å². The van der Waals surface area contributed by atoms with Crippen LogP contribution < -0.4 is 15.6 Å². The van der Waals surface area contributed by atoms with Crippen LogP contribution in [0, 0.1) is 0 Å². The van der Waals surface area contributed by atoms with Gasteiger partial charge in [0, 0.05) is 17.4 Å². The number of halogens is 3. The highest BCUT2D eigenvalue weighted by Crippen LogP contribution is 2.36. The zero-order valence-corrected chi connectivity index (χ0v) is 18.2. The van der Waals surface area contributed by atoms with Crippen LogP contribution in [0.3, 0.4) is 0 Å². The van der Waals surface area contributed by atoms with Gasteiger partial charge in [0.25, 0.3) is 5.56 Å². The Morgan fingerprint density at radius 1 is 1.06 bits per heavy atom. The lowest BCUT2D eigenvalue weighted by Crippen LogP contribution is -2.17. The van der Waals surface area contributed by atoms with Crippen LogP contribution in [0.25, 0.3) is 32.9 Å². The zero-order valence-electron chi connectivity index (χ0n) is 18.2. The molecule has 182 valence electrons. The summed E-state index contributed by atoms with van der Waals surface area (Å²) >= 11 is 0. The number of hydrogen-bond acceptors (Lipinski definition) is 5. The molecular formula is C24H16F3N5O4. The fourth-order valence-corrected chi connectivity index (χ4v) is 3.96. The molecule has 0 radical (unpaired) electrons. The van der Waals surface area contributed by atoms with Crippen LogP contribution in [-0.2, 0) is 6.42 Å². The summed E-state index contributed by atoms with van der Waals surface area (Å²) in [7, 11) is 0. The first-order valence-corrected chi connectivity index (χ1v) is 10.5. The van der Waals surface area contributed by atoms with Crippen molar-refractivity contribution in [1.29, 1.82) is 0 Å². The second-order valence-corrected chi connectivity index (χ2v) is 7.85. The molecule has 2 heterocycles. The smallest absolute Gasteiger partial charge is 0.465 e. The molecule has 0 atom stereocenters. The first kappa shape index (κ1) is 22.9. The van der Waals surface area contributed by atoms with Crippen molar-refractivity contribution < 1.29 is 27.8 Å². The van der Waals surface area contributed by atoms with Crippen molar-refractivity contribution in [3.05, 3.63) is 82.3 Å². The van der Waals surface area contributed by atoms with E-state index < -0.39 is 18.2 Å². The van der Waals surface area contributed by atoms with Gasteiger partial charge < -0.3 is 14.8 Å².